The van der Waals surface area contributed by atoms with Crippen LogP contribution < -0.4 is 14.5 Å². The summed E-state index contributed by atoms with van der Waals surface area (Å²) in [4.78, 5) is 18.1. The Hall–Kier alpha value is -1.63. The number of hydrogen-bond donors (Lipinski definition) is 1. The van der Waals surface area contributed by atoms with E-state index in [1.165, 1.54) is 25.7 Å². The van der Waals surface area contributed by atoms with Crippen LogP contribution >= 0.6 is 0 Å². The number of aliphatic hydroxyl groups excluding tert-OH is 1. The van der Waals surface area contributed by atoms with Crippen molar-refractivity contribution in [1.29, 1.82) is 0 Å². The van der Waals surface area contributed by atoms with E-state index in [0.29, 0.717) is 12.0 Å². The predicted octanol–water partition coefficient (Wildman–Crippen LogP) is 1.86. The lowest BCUT2D eigenvalue weighted by atomic mass is 9.94. The molecule has 0 spiro atoms. The molecule has 3 rings (SSSR count). The zero-order valence-corrected chi connectivity index (χ0v) is 14.8. The Morgan fingerprint density at radius 3 is 2.21 bits per heavy atom. The van der Waals surface area contributed by atoms with E-state index in [4.69, 9.17) is 9.72 Å². The largest absolute Gasteiger partial charge is 0.467 e. The number of ether oxygens (including phenoxy) is 1. The second-order valence-corrected chi connectivity index (χ2v) is 6.91. The molecule has 1 aromatic rings. The highest BCUT2D eigenvalue weighted by Gasteiger charge is 2.26. The van der Waals surface area contributed by atoms with Gasteiger partial charge in [-0.1, -0.05) is 12.8 Å². The maximum atomic E-state index is 9.92. The van der Waals surface area contributed by atoms with Gasteiger partial charge in [0.25, 0.3) is 0 Å². The maximum Gasteiger partial charge on any atom is 0.322 e. The molecule has 24 heavy (non-hydrogen) atoms. The summed E-state index contributed by atoms with van der Waals surface area (Å²) in [5.41, 5.74) is 0. The highest BCUT2D eigenvalue weighted by atomic mass is 16.5. The van der Waals surface area contributed by atoms with Gasteiger partial charge in [-0.3, -0.25) is 0 Å². The number of rotatable bonds is 4. The molecule has 1 N–H and O–H groups in total. The summed E-state index contributed by atoms with van der Waals surface area (Å²) in [7, 11) is 1.60. The van der Waals surface area contributed by atoms with Crippen molar-refractivity contribution >= 4 is 11.9 Å². The first-order valence-corrected chi connectivity index (χ1v) is 9.15. The molecule has 0 aliphatic carbocycles. The van der Waals surface area contributed by atoms with Crippen molar-refractivity contribution in [1.82, 2.24) is 15.0 Å². The fourth-order valence-electron chi connectivity index (χ4n) is 3.57. The van der Waals surface area contributed by atoms with E-state index in [0.717, 1.165) is 45.0 Å². The number of hydrogen-bond acceptors (Lipinski definition) is 7. The van der Waals surface area contributed by atoms with Crippen molar-refractivity contribution in [3.05, 3.63) is 0 Å². The fraction of sp³-hybridized carbons (Fsp3) is 0.824. The van der Waals surface area contributed by atoms with E-state index in [2.05, 4.69) is 19.8 Å². The highest BCUT2D eigenvalue weighted by molar-refractivity contribution is 5.41. The molecule has 7 nitrogen and oxygen atoms in total. The average molecular weight is 335 g/mol. The molecule has 0 amide bonds. The van der Waals surface area contributed by atoms with Gasteiger partial charge in [-0.2, -0.15) is 15.0 Å². The van der Waals surface area contributed by atoms with Gasteiger partial charge in [0.05, 0.1) is 13.2 Å². The van der Waals surface area contributed by atoms with Crippen molar-refractivity contribution in [3.8, 4) is 6.01 Å². The van der Waals surface area contributed by atoms with Gasteiger partial charge in [0.2, 0.25) is 11.9 Å². The molecule has 0 radical (unpaired) electrons. The quantitative estimate of drug-likeness (QED) is 0.900. The lowest BCUT2D eigenvalue weighted by molar-refractivity contribution is 0.114. The molecule has 134 valence electrons. The Morgan fingerprint density at radius 2 is 1.58 bits per heavy atom. The van der Waals surface area contributed by atoms with E-state index >= 15 is 0 Å². The molecule has 2 fully saturated rings. The lowest BCUT2D eigenvalue weighted by Crippen LogP contribution is -2.40. The topological polar surface area (TPSA) is 74.6 Å². The van der Waals surface area contributed by atoms with Crippen LogP contribution in [0.1, 0.15) is 45.4 Å². The molecule has 2 unspecified atom stereocenters. The Balaban J connectivity index is 1.83. The van der Waals surface area contributed by atoms with Crippen LogP contribution in [-0.4, -0.2) is 59.5 Å². The van der Waals surface area contributed by atoms with Gasteiger partial charge in [0.1, 0.15) is 0 Å². The molecule has 2 aliphatic heterocycles. The van der Waals surface area contributed by atoms with Crippen molar-refractivity contribution in [3.63, 3.8) is 0 Å². The van der Waals surface area contributed by atoms with Crippen LogP contribution in [-0.2, 0) is 0 Å². The van der Waals surface area contributed by atoms with Crippen LogP contribution in [0.15, 0.2) is 0 Å². The van der Waals surface area contributed by atoms with Crippen LogP contribution in [0.4, 0.5) is 11.9 Å². The molecule has 0 aromatic carbocycles. The molecule has 2 saturated heterocycles. The molecule has 7 heteroatoms. The minimum absolute atomic E-state index is 0.267. The first-order valence-electron chi connectivity index (χ1n) is 9.15. The van der Waals surface area contributed by atoms with Gasteiger partial charge >= 0.3 is 6.01 Å². The Morgan fingerprint density at radius 1 is 0.958 bits per heavy atom. The summed E-state index contributed by atoms with van der Waals surface area (Å²) in [6.07, 6.45) is 6.69. The molecule has 1 aromatic heterocycles. The van der Waals surface area contributed by atoms with Crippen molar-refractivity contribution in [2.24, 2.45) is 5.92 Å². The predicted molar refractivity (Wildman–Crippen MR) is 93.7 cm³/mol. The van der Waals surface area contributed by atoms with Crippen LogP contribution in [0.3, 0.4) is 0 Å². The Bertz CT molecular complexity index is 532. The number of aromatic nitrogens is 3. The zero-order chi connectivity index (χ0) is 16.9. The molecule has 2 aliphatic rings. The van der Waals surface area contributed by atoms with Gasteiger partial charge in [-0.25, -0.2) is 0 Å². The number of nitrogens with zero attached hydrogens (tertiary/aromatic N) is 5. The summed E-state index contributed by atoms with van der Waals surface area (Å²) in [6, 6.07) is 0.374. The van der Waals surface area contributed by atoms with E-state index in [-0.39, 0.29) is 12.0 Å². The first-order chi connectivity index (χ1) is 11.7. The van der Waals surface area contributed by atoms with Crippen LogP contribution in [0.2, 0.25) is 0 Å². The normalized spacial score (nSPS) is 23.7. The Kier molecular flexibility index (Phi) is 5.71. The van der Waals surface area contributed by atoms with E-state index in [9.17, 15) is 5.11 Å². The van der Waals surface area contributed by atoms with E-state index in [1.807, 2.05) is 6.92 Å². The summed E-state index contributed by atoms with van der Waals surface area (Å²) < 4.78 is 5.32. The fourth-order valence-corrected chi connectivity index (χ4v) is 3.57. The van der Waals surface area contributed by atoms with Gasteiger partial charge in [0.15, 0.2) is 0 Å². The SMILES string of the molecule is COc1nc(N2CCCCCC2)nc(N2CCCC(C(C)O)C2)n1. The van der Waals surface area contributed by atoms with Crippen LogP contribution in [0, 0.1) is 5.92 Å². The highest BCUT2D eigenvalue weighted by Crippen LogP contribution is 2.26. The van der Waals surface area contributed by atoms with Crippen LogP contribution in [0.5, 0.6) is 6.01 Å². The minimum Gasteiger partial charge on any atom is -0.467 e. The van der Waals surface area contributed by atoms with Gasteiger partial charge < -0.3 is 19.6 Å². The van der Waals surface area contributed by atoms with Gasteiger partial charge in [0, 0.05) is 32.1 Å². The zero-order valence-electron chi connectivity index (χ0n) is 14.8. The molecule has 3 heterocycles. The molecule has 0 bridgehead atoms. The second-order valence-electron chi connectivity index (χ2n) is 6.91. The summed E-state index contributed by atoms with van der Waals surface area (Å²) in [6.45, 7) is 5.54. The Labute approximate surface area is 144 Å². The molecule has 0 saturated carbocycles. The van der Waals surface area contributed by atoms with Crippen LogP contribution in [0.25, 0.3) is 0 Å². The van der Waals surface area contributed by atoms with Gasteiger partial charge in [-0.05, 0) is 32.6 Å². The minimum atomic E-state index is -0.304. The van der Waals surface area contributed by atoms with E-state index < -0.39 is 0 Å². The number of anilines is 2. The van der Waals surface area contributed by atoms with E-state index in [1.54, 1.807) is 7.11 Å². The second kappa shape index (κ2) is 7.96. The molecular weight excluding hydrogens is 306 g/mol. The van der Waals surface area contributed by atoms with Crippen molar-refractivity contribution in [2.45, 2.75) is 51.6 Å². The third kappa shape index (κ3) is 4.06. The number of methoxy groups -OCH3 is 1. The van der Waals surface area contributed by atoms with Crippen molar-refractivity contribution < 1.29 is 9.84 Å². The maximum absolute atomic E-state index is 9.92. The standard InChI is InChI=1S/C17H29N5O2/c1-13(23)14-8-7-11-22(12-14)16-18-15(19-17(20-16)24-2)21-9-5-3-4-6-10-21/h13-14,23H,3-12H2,1-2H3. The van der Waals surface area contributed by atoms with Crippen molar-refractivity contribution in [2.75, 3.05) is 43.1 Å². The number of piperidine rings is 1. The van der Waals surface area contributed by atoms with Gasteiger partial charge in [-0.15, -0.1) is 0 Å². The average Bonchev–Trinajstić information content (AvgIpc) is 2.91. The summed E-state index contributed by atoms with van der Waals surface area (Å²) in [5, 5.41) is 9.92. The monoisotopic (exact) mass is 335 g/mol. The smallest absolute Gasteiger partial charge is 0.322 e. The summed E-state index contributed by atoms with van der Waals surface area (Å²) >= 11 is 0. The third-order valence-electron chi connectivity index (χ3n) is 5.09. The number of aliphatic hydroxyl groups is 1. The first kappa shape index (κ1) is 17.2. The lowest BCUT2D eigenvalue weighted by Gasteiger charge is -2.34. The third-order valence-corrected chi connectivity index (χ3v) is 5.09. The molecular formula is C17H29N5O2. The summed E-state index contributed by atoms with van der Waals surface area (Å²) in [5.74, 6) is 1.66. The molecule has 2 atom stereocenters.